The zero-order valence-corrected chi connectivity index (χ0v) is 14.4. The highest BCUT2D eigenvalue weighted by Crippen LogP contribution is 2.28. The molecule has 1 aliphatic heterocycles. The van der Waals surface area contributed by atoms with Crippen molar-refractivity contribution in [1.29, 1.82) is 0 Å². The van der Waals surface area contributed by atoms with Crippen molar-refractivity contribution in [3.63, 3.8) is 0 Å². The maximum absolute atomic E-state index is 13.2. The van der Waals surface area contributed by atoms with Crippen molar-refractivity contribution in [2.75, 3.05) is 42.9 Å². The molecule has 1 fully saturated rings. The molecule has 1 aliphatic rings. The first-order valence-electron chi connectivity index (χ1n) is 8.39. The number of carbonyl (C=O) groups excluding carboxylic acids is 1. The number of hydrogen-bond donors (Lipinski definition) is 1. The van der Waals surface area contributed by atoms with Crippen LogP contribution in [0.25, 0.3) is 0 Å². The lowest BCUT2D eigenvalue weighted by Crippen LogP contribution is -2.48. The van der Waals surface area contributed by atoms with Gasteiger partial charge in [0.1, 0.15) is 17.3 Å². The van der Waals surface area contributed by atoms with Gasteiger partial charge in [0.05, 0.1) is 11.5 Å². The molecule has 0 radical (unpaired) electrons. The first-order valence-corrected chi connectivity index (χ1v) is 8.39. The highest BCUT2D eigenvalue weighted by atomic mass is 19.1. The van der Waals surface area contributed by atoms with Crippen LogP contribution in [-0.2, 0) is 4.79 Å². The maximum Gasteiger partial charge on any atom is 0.292 e. The van der Waals surface area contributed by atoms with Gasteiger partial charge in [0.25, 0.3) is 5.69 Å². The predicted octanol–water partition coefficient (Wildman–Crippen LogP) is 2.63. The fraction of sp³-hybridized carbons (Fsp3) is 0.278. The zero-order valence-electron chi connectivity index (χ0n) is 14.4. The van der Waals surface area contributed by atoms with Crippen LogP contribution in [0.15, 0.2) is 42.5 Å². The summed E-state index contributed by atoms with van der Waals surface area (Å²) in [5, 5.41) is 13.6. The Morgan fingerprint density at radius 3 is 2.33 bits per heavy atom. The number of nitrogens with one attached hydrogen (secondary N) is 1. The summed E-state index contributed by atoms with van der Waals surface area (Å²) in [5.41, 5.74) is 0.676. The molecule has 1 amide bonds. The molecule has 1 heterocycles. The molecule has 1 N–H and O–H groups in total. The van der Waals surface area contributed by atoms with E-state index in [0.717, 1.165) is 18.2 Å². The van der Waals surface area contributed by atoms with Crippen molar-refractivity contribution in [2.24, 2.45) is 0 Å². The average Bonchev–Trinajstić information content (AvgIpc) is 2.61. The molecule has 0 atom stereocenters. The van der Waals surface area contributed by atoms with Crippen LogP contribution in [0, 0.1) is 21.7 Å². The Morgan fingerprint density at radius 1 is 1.07 bits per heavy atom. The van der Waals surface area contributed by atoms with Gasteiger partial charge in [-0.05, 0) is 18.2 Å². The van der Waals surface area contributed by atoms with E-state index in [1.807, 2.05) is 9.80 Å². The minimum absolute atomic E-state index is 0.0526. The second-order valence-corrected chi connectivity index (χ2v) is 6.22. The lowest BCUT2D eigenvalue weighted by molar-refractivity contribution is -0.384. The number of nitro benzene ring substituents is 1. The fourth-order valence-corrected chi connectivity index (χ4v) is 3.06. The summed E-state index contributed by atoms with van der Waals surface area (Å²) in [6, 6.07) is 9.38. The Bertz CT molecular complexity index is 834. The van der Waals surface area contributed by atoms with E-state index >= 15 is 0 Å². The van der Waals surface area contributed by atoms with Crippen molar-refractivity contribution >= 4 is 23.0 Å². The number of carbonyl (C=O) groups is 1. The van der Waals surface area contributed by atoms with E-state index in [9.17, 15) is 23.7 Å². The van der Waals surface area contributed by atoms with E-state index < -0.39 is 16.6 Å². The Labute approximate surface area is 154 Å². The summed E-state index contributed by atoms with van der Waals surface area (Å²) in [6.07, 6.45) is 0. The van der Waals surface area contributed by atoms with Crippen molar-refractivity contribution in [3.8, 4) is 0 Å². The molecule has 0 saturated carbocycles. The molecular formula is C18H18F2N4O3. The molecule has 142 valence electrons. The summed E-state index contributed by atoms with van der Waals surface area (Å²) in [7, 11) is 0. The van der Waals surface area contributed by atoms with E-state index in [0.29, 0.717) is 31.9 Å². The zero-order chi connectivity index (χ0) is 19.4. The Hall–Kier alpha value is -3.07. The van der Waals surface area contributed by atoms with Crippen molar-refractivity contribution < 1.29 is 18.5 Å². The van der Waals surface area contributed by atoms with Gasteiger partial charge in [-0.1, -0.05) is 12.1 Å². The molecule has 1 saturated heterocycles. The summed E-state index contributed by atoms with van der Waals surface area (Å²) in [6.45, 7) is 2.22. The summed E-state index contributed by atoms with van der Waals surface area (Å²) >= 11 is 0. The molecule has 0 aliphatic carbocycles. The minimum atomic E-state index is -0.761. The monoisotopic (exact) mass is 376 g/mol. The van der Waals surface area contributed by atoms with Gasteiger partial charge >= 0.3 is 0 Å². The molecule has 0 bridgehead atoms. The van der Waals surface area contributed by atoms with Crippen LogP contribution < -0.4 is 10.2 Å². The van der Waals surface area contributed by atoms with Crippen LogP contribution >= 0.6 is 0 Å². The highest BCUT2D eigenvalue weighted by Gasteiger charge is 2.24. The fourth-order valence-electron chi connectivity index (χ4n) is 3.06. The number of nitrogens with zero attached hydrogens (tertiary/aromatic N) is 3. The molecule has 0 spiro atoms. The number of halogens is 2. The lowest BCUT2D eigenvalue weighted by Gasteiger charge is -2.35. The molecule has 27 heavy (non-hydrogen) atoms. The van der Waals surface area contributed by atoms with E-state index in [-0.39, 0.29) is 23.8 Å². The minimum Gasteiger partial charge on any atom is -0.363 e. The largest absolute Gasteiger partial charge is 0.363 e. The normalized spacial score (nSPS) is 14.8. The van der Waals surface area contributed by atoms with E-state index in [2.05, 4.69) is 5.32 Å². The second kappa shape index (κ2) is 8.09. The van der Waals surface area contributed by atoms with Gasteiger partial charge in [-0.25, -0.2) is 8.78 Å². The third kappa shape index (κ3) is 4.76. The number of amides is 1. The second-order valence-electron chi connectivity index (χ2n) is 6.22. The molecular weight excluding hydrogens is 358 g/mol. The smallest absolute Gasteiger partial charge is 0.292 e. The van der Waals surface area contributed by atoms with Gasteiger partial charge in [-0.2, -0.15) is 0 Å². The lowest BCUT2D eigenvalue weighted by atomic mass is 10.2. The van der Waals surface area contributed by atoms with Gasteiger partial charge in [-0.3, -0.25) is 19.8 Å². The van der Waals surface area contributed by atoms with Crippen LogP contribution in [-0.4, -0.2) is 48.5 Å². The van der Waals surface area contributed by atoms with Gasteiger partial charge in [0.15, 0.2) is 0 Å². The van der Waals surface area contributed by atoms with Gasteiger partial charge in [0, 0.05) is 44.0 Å². The standard InChI is InChI=1S/C18H18F2N4O3/c19-13-9-14(20)11-15(10-13)21-18(25)12-22-5-7-23(8-6-22)16-3-1-2-4-17(16)24(26)27/h1-4,9-11H,5-8,12H2,(H,21,25). The topological polar surface area (TPSA) is 78.7 Å². The molecule has 2 aromatic rings. The number of piperazine rings is 1. The number of rotatable bonds is 5. The van der Waals surface area contributed by atoms with Crippen molar-refractivity contribution in [3.05, 3.63) is 64.2 Å². The number of anilines is 2. The maximum atomic E-state index is 13.2. The molecule has 2 aromatic carbocycles. The number of para-hydroxylation sites is 2. The Morgan fingerprint density at radius 2 is 1.70 bits per heavy atom. The predicted molar refractivity (Wildman–Crippen MR) is 96.7 cm³/mol. The van der Waals surface area contributed by atoms with Crippen LogP contribution in [0.4, 0.5) is 25.8 Å². The molecule has 0 aromatic heterocycles. The first kappa shape index (κ1) is 18.7. The third-order valence-electron chi connectivity index (χ3n) is 4.30. The SMILES string of the molecule is O=C(CN1CCN(c2ccccc2[N+](=O)[O-])CC1)Nc1cc(F)cc(F)c1. The number of hydrogen-bond acceptors (Lipinski definition) is 5. The van der Waals surface area contributed by atoms with E-state index in [1.165, 1.54) is 6.07 Å². The molecule has 0 unspecified atom stereocenters. The number of benzene rings is 2. The van der Waals surface area contributed by atoms with Gasteiger partial charge < -0.3 is 10.2 Å². The molecule has 7 nitrogen and oxygen atoms in total. The Balaban J connectivity index is 1.55. The van der Waals surface area contributed by atoms with Crippen molar-refractivity contribution in [2.45, 2.75) is 0 Å². The van der Waals surface area contributed by atoms with Crippen molar-refractivity contribution in [1.82, 2.24) is 4.90 Å². The molecule has 3 rings (SSSR count). The number of nitro groups is 1. The van der Waals surface area contributed by atoms with Gasteiger partial charge in [0.2, 0.25) is 5.91 Å². The Kier molecular flexibility index (Phi) is 5.60. The summed E-state index contributed by atoms with van der Waals surface area (Å²) < 4.78 is 26.4. The van der Waals surface area contributed by atoms with E-state index in [4.69, 9.17) is 0 Å². The highest BCUT2D eigenvalue weighted by molar-refractivity contribution is 5.92. The van der Waals surface area contributed by atoms with Crippen LogP contribution in [0.2, 0.25) is 0 Å². The average molecular weight is 376 g/mol. The van der Waals surface area contributed by atoms with E-state index in [1.54, 1.807) is 18.2 Å². The quantitative estimate of drug-likeness (QED) is 0.641. The molecule has 9 heteroatoms. The summed E-state index contributed by atoms with van der Waals surface area (Å²) in [4.78, 5) is 26.6. The van der Waals surface area contributed by atoms with Crippen LogP contribution in [0.5, 0.6) is 0 Å². The third-order valence-corrected chi connectivity index (χ3v) is 4.30. The van der Waals surface area contributed by atoms with Crippen LogP contribution in [0.1, 0.15) is 0 Å². The van der Waals surface area contributed by atoms with Gasteiger partial charge in [-0.15, -0.1) is 0 Å². The summed E-state index contributed by atoms with van der Waals surface area (Å²) in [5.74, 6) is -1.90. The first-order chi connectivity index (χ1) is 12.9. The van der Waals surface area contributed by atoms with Crippen LogP contribution in [0.3, 0.4) is 0 Å².